The van der Waals surface area contributed by atoms with E-state index in [-0.39, 0.29) is 11.3 Å². The number of halogens is 4. The van der Waals surface area contributed by atoms with E-state index in [0.29, 0.717) is 5.69 Å². The average Bonchev–Trinajstić information content (AvgIpc) is 2.45. The smallest absolute Gasteiger partial charge is 0.417 e. The Morgan fingerprint density at radius 2 is 1.91 bits per heavy atom. The molecule has 0 radical (unpaired) electrons. The highest BCUT2D eigenvalue weighted by atomic mass is 35.5. The van der Waals surface area contributed by atoms with Gasteiger partial charge in [0.15, 0.2) is 0 Å². The second-order valence-corrected chi connectivity index (χ2v) is 5.02. The molecule has 0 aliphatic carbocycles. The minimum Gasteiger partial charge on any atom is -0.508 e. The van der Waals surface area contributed by atoms with Crippen molar-refractivity contribution in [3.63, 3.8) is 0 Å². The van der Waals surface area contributed by atoms with Gasteiger partial charge < -0.3 is 10.4 Å². The van der Waals surface area contributed by atoms with Crippen molar-refractivity contribution in [3.8, 4) is 5.75 Å². The molecule has 0 saturated heterocycles. The zero-order chi connectivity index (χ0) is 17.0. The molecule has 2 aromatic rings. The number of hydrogen-bond donors (Lipinski definition) is 2. The molecule has 0 fully saturated rings. The van der Waals surface area contributed by atoms with Gasteiger partial charge in [-0.05, 0) is 35.9 Å². The normalized spacial score (nSPS) is 11.7. The van der Waals surface area contributed by atoms with Crippen LogP contribution >= 0.6 is 11.6 Å². The fourth-order valence-corrected chi connectivity index (χ4v) is 2.03. The van der Waals surface area contributed by atoms with E-state index in [1.54, 1.807) is 12.1 Å². The van der Waals surface area contributed by atoms with E-state index in [1.807, 2.05) is 0 Å². The number of anilines is 1. The first-order chi connectivity index (χ1) is 10.8. The van der Waals surface area contributed by atoms with Gasteiger partial charge in [-0.1, -0.05) is 23.7 Å². The lowest BCUT2D eigenvalue weighted by Gasteiger charge is -2.09. The van der Waals surface area contributed by atoms with Crippen molar-refractivity contribution in [2.75, 3.05) is 5.32 Å². The first kappa shape index (κ1) is 16.9. The zero-order valence-electron chi connectivity index (χ0n) is 11.6. The number of carbonyl (C=O) groups is 1. The lowest BCUT2D eigenvalue weighted by atomic mass is 10.1. The number of hydrogen-bond acceptors (Lipinski definition) is 2. The standard InChI is InChI=1S/C16H11ClF3NO2/c17-14-6-4-10(8-13(14)16(18,19)20)5-7-15(23)21-11-2-1-3-12(22)9-11/h1-9,22H,(H,21,23)/b7-5+. The summed E-state index contributed by atoms with van der Waals surface area (Å²) in [6, 6.07) is 9.25. The maximum absolute atomic E-state index is 12.7. The first-order valence-electron chi connectivity index (χ1n) is 6.40. The number of nitrogens with one attached hydrogen (secondary N) is 1. The van der Waals surface area contributed by atoms with E-state index < -0.39 is 22.7 Å². The lowest BCUT2D eigenvalue weighted by molar-refractivity contribution is -0.137. The molecule has 0 aromatic heterocycles. The molecule has 0 unspecified atom stereocenters. The van der Waals surface area contributed by atoms with Crippen LogP contribution in [-0.2, 0) is 11.0 Å². The number of alkyl halides is 3. The Morgan fingerprint density at radius 1 is 1.17 bits per heavy atom. The largest absolute Gasteiger partial charge is 0.508 e. The molecule has 2 rings (SSSR count). The summed E-state index contributed by atoms with van der Waals surface area (Å²) in [6.45, 7) is 0. The molecule has 0 saturated carbocycles. The Hall–Kier alpha value is -2.47. The van der Waals surface area contributed by atoms with Crippen LogP contribution in [0.4, 0.5) is 18.9 Å². The fourth-order valence-electron chi connectivity index (χ4n) is 1.80. The molecule has 0 atom stereocenters. The third-order valence-electron chi connectivity index (χ3n) is 2.84. The third-order valence-corrected chi connectivity index (χ3v) is 3.17. The van der Waals surface area contributed by atoms with Gasteiger partial charge in [-0.2, -0.15) is 13.2 Å². The summed E-state index contributed by atoms with van der Waals surface area (Å²) in [5.41, 5.74) is -0.408. The molecule has 23 heavy (non-hydrogen) atoms. The van der Waals surface area contributed by atoms with Crippen LogP contribution in [0.5, 0.6) is 5.75 Å². The highest BCUT2D eigenvalue weighted by Gasteiger charge is 2.33. The molecule has 0 bridgehead atoms. The van der Waals surface area contributed by atoms with E-state index in [9.17, 15) is 23.1 Å². The quantitative estimate of drug-likeness (QED) is 0.794. The Labute approximate surface area is 135 Å². The summed E-state index contributed by atoms with van der Waals surface area (Å²) >= 11 is 5.52. The molecule has 2 aromatic carbocycles. The van der Waals surface area contributed by atoms with Gasteiger partial charge in [0, 0.05) is 17.8 Å². The van der Waals surface area contributed by atoms with Crippen LogP contribution in [0.1, 0.15) is 11.1 Å². The van der Waals surface area contributed by atoms with E-state index in [0.717, 1.165) is 18.2 Å². The second-order valence-electron chi connectivity index (χ2n) is 4.61. The molecule has 3 nitrogen and oxygen atoms in total. The molecule has 0 aliphatic heterocycles. The van der Waals surface area contributed by atoms with E-state index >= 15 is 0 Å². The topological polar surface area (TPSA) is 49.3 Å². The molecule has 120 valence electrons. The first-order valence-corrected chi connectivity index (χ1v) is 6.78. The van der Waals surface area contributed by atoms with Crippen LogP contribution in [-0.4, -0.2) is 11.0 Å². The fraction of sp³-hybridized carbons (Fsp3) is 0.0625. The minimum absolute atomic E-state index is 0.0145. The van der Waals surface area contributed by atoms with E-state index in [2.05, 4.69) is 5.32 Å². The summed E-state index contributed by atoms with van der Waals surface area (Å²) in [5.74, 6) is -0.557. The number of aromatic hydroxyl groups is 1. The van der Waals surface area contributed by atoms with Gasteiger partial charge in [0.05, 0.1) is 10.6 Å². The number of benzene rings is 2. The molecule has 0 heterocycles. The molecule has 0 aliphatic rings. The predicted molar refractivity (Wildman–Crippen MR) is 82.2 cm³/mol. The Bertz CT molecular complexity index is 757. The average molecular weight is 342 g/mol. The Morgan fingerprint density at radius 3 is 2.57 bits per heavy atom. The van der Waals surface area contributed by atoms with Crippen molar-refractivity contribution in [2.24, 2.45) is 0 Å². The number of carbonyl (C=O) groups excluding carboxylic acids is 1. The van der Waals surface area contributed by atoms with Gasteiger partial charge in [0.1, 0.15) is 5.75 Å². The highest BCUT2D eigenvalue weighted by molar-refractivity contribution is 6.31. The number of rotatable bonds is 3. The van der Waals surface area contributed by atoms with Gasteiger partial charge >= 0.3 is 6.18 Å². The maximum Gasteiger partial charge on any atom is 0.417 e. The summed E-state index contributed by atoms with van der Waals surface area (Å²) < 4.78 is 38.2. The summed E-state index contributed by atoms with van der Waals surface area (Å²) in [6.07, 6.45) is -2.23. The van der Waals surface area contributed by atoms with Gasteiger partial charge in [0.25, 0.3) is 0 Å². The van der Waals surface area contributed by atoms with Crippen molar-refractivity contribution < 1.29 is 23.1 Å². The van der Waals surface area contributed by atoms with Gasteiger partial charge in [-0.25, -0.2) is 0 Å². The van der Waals surface area contributed by atoms with Crippen LogP contribution in [0.2, 0.25) is 5.02 Å². The van der Waals surface area contributed by atoms with Crippen molar-refractivity contribution in [3.05, 3.63) is 64.7 Å². The molecule has 7 heteroatoms. The number of amides is 1. The van der Waals surface area contributed by atoms with Crippen LogP contribution in [0.3, 0.4) is 0 Å². The van der Waals surface area contributed by atoms with Crippen molar-refractivity contribution in [1.82, 2.24) is 0 Å². The second kappa shape index (κ2) is 6.75. The number of phenols is 1. The Kier molecular flexibility index (Phi) is 4.95. The molecule has 0 spiro atoms. The van der Waals surface area contributed by atoms with Gasteiger partial charge in [-0.15, -0.1) is 0 Å². The molecular formula is C16H11ClF3NO2. The maximum atomic E-state index is 12.7. The number of phenolic OH excluding ortho intramolecular Hbond substituents is 1. The monoisotopic (exact) mass is 341 g/mol. The third kappa shape index (κ3) is 4.75. The molecular weight excluding hydrogens is 331 g/mol. The van der Waals surface area contributed by atoms with Crippen LogP contribution in [0.15, 0.2) is 48.5 Å². The van der Waals surface area contributed by atoms with Crippen LogP contribution in [0.25, 0.3) is 6.08 Å². The predicted octanol–water partition coefficient (Wildman–Crippen LogP) is 4.72. The minimum atomic E-state index is -4.56. The van der Waals surface area contributed by atoms with E-state index in [1.165, 1.54) is 24.3 Å². The van der Waals surface area contributed by atoms with Crippen molar-refractivity contribution >= 4 is 29.3 Å². The molecule has 1 amide bonds. The van der Waals surface area contributed by atoms with E-state index in [4.69, 9.17) is 11.6 Å². The van der Waals surface area contributed by atoms with Crippen molar-refractivity contribution in [2.45, 2.75) is 6.18 Å². The summed E-state index contributed by atoms with van der Waals surface area (Å²) in [7, 11) is 0. The SMILES string of the molecule is O=C(/C=C/c1ccc(Cl)c(C(F)(F)F)c1)Nc1cccc(O)c1. The van der Waals surface area contributed by atoms with Gasteiger partial charge in [0.2, 0.25) is 5.91 Å². The Balaban J connectivity index is 2.12. The molecule has 2 N–H and O–H groups in total. The lowest BCUT2D eigenvalue weighted by Crippen LogP contribution is -2.08. The highest BCUT2D eigenvalue weighted by Crippen LogP contribution is 2.35. The zero-order valence-corrected chi connectivity index (χ0v) is 12.3. The summed E-state index contributed by atoms with van der Waals surface area (Å²) in [5, 5.41) is 11.3. The van der Waals surface area contributed by atoms with Crippen LogP contribution in [0, 0.1) is 0 Å². The van der Waals surface area contributed by atoms with Gasteiger partial charge in [-0.3, -0.25) is 4.79 Å². The van der Waals surface area contributed by atoms with Crippen LogP contribution < -0.4 is 5.32 Å². The van der Waals surface area contributed by atoms with Crippen molar-refractivity contribution in [1.29, 1.82) is 0 Å². The summed E-state index contributed by atoms with van der Waals surface area (Å²) in [4.78, 5) is 11.7.